The Kier molecular flexibility index (Phi) is 2.86. The van der Waals surface area contributed by atoms with Gasteiger partial charge in [0.15, 0.2) is 0 Å². The van der Waals surface area contributed by atoms with Crippen molar-refractivity contribution >= 4 is 11.9 Å². The van der Waals surface area contributed by atoms with Crippen LogP contribution in [0.4, 0.5) is 5.95 Å². The van der Waals surface area contributed by atoms with E-state index in [2.05, 4.69) is 15.4 Å². The fourth-order valence-corrected chi connectivity index (χ4v) is 2.12. The Morgan fingerprint density at radius 2 is 2.35 bits per heavy atom. The van der Waals surface area contributed by atoms with Crippen LogP contribution in [0.1, 0.15) is 11.6 Å². The maximum Gasteiger partial charge on any atom is 0.352 e. The van der Waals surface area contributed by atoms with E-state index in [1.54, 1.807) is 17.9 Å². The highest BCUT2D eigenvalue weighted by Gasteiger charge is 2.25. The van der Waals surface area contributed by atoms with Gasteiger partial charge in [-0.1, -0.05) is 12.1 Å². The van der Waals surface area contributed by atoms with Crippen LogP contribution in [-0.4, -0.2) is 33.0 Å². The highest BCUT2D eigenvalue weighted by Crippen LogP contribution is 2.29. The van der Waals surface area contributed by atoms with Gasteiger partial charge in [-0.3, -0.25) is 0 Å². The van der Waals surface area contributed by atoms with Crippen molar-refractivity contribution in [3.8, 4) is 5.75 Å². The van der Waals surface area contributed by atoms with Crippen LogP contribution in [0, 0.1) is 0 Å². The zero-order valence-electron chi connectivity index (χ0n) is 10.6. The summed E-state index contributed by atoms with van der Waals surface area (Å²) in [4.78, 5) is 15.2. The lowest BCUT2D eigenvalue weighted by Gasteiger charge is -2.22. The number of benzene rings is 1. The predicted octanol–water partition coefficient (Wildman–Crippen LogP) is 1.27. The number of hydrogen-bond acceptors (Lipinski definition) is 5. The maximum atomic E-state index is 11.2. The largest absolute Gasteiger partial charge is 0.497 e. The lowest BCUT2D eigenvalue weighted by molar-refractivity contribution is -0.132. The molecular formula is C13H12N4O3. The number of anilines is 1. The van der Waals surface area contributed by atoms with Gasteiger partial charge < -0.3 is 15.2 Å². The molecule has 1 aromatic carbocycles. The van der Waals surface area contributed by atoms with E-state index in [-0.39, 0.29) is 11.7 Å². The molecule has 2 aromatic rings. The Balaban J connectivity index is 2.09. The van der Waals surface area contributed by atoms with Crippen LogP contribution in [0.25, 0.3) is 0 Å². The van der Waals surface area contributed by atoms with Gasteiger partial charge >= 0.3 is 5.97 Å². The second-order valence-corrected chi connectivity index (χ2v) is 4.26. The molecule has 0 spiro atoms. The van der Waals surface area contributed by atoms with Crippen LogP contribution in [-0.2, 0) is 4.79 Å². The van der Waals surface area contributed by atoms with Gasteiger partial charge in [-0.2, -0.15) is 10.1 Å². The van der Waals surface area contributed by atoms with E-state index >= 15 is 0 Å². The van der Waals surface area contributed by atoms with E-state index in [9.17, 15) is 4.79 Å². The molecule has 20 heavy (non-hydrogen) atoms. The van der Waals surface area contributed by atoms with Crippen LogP contribution in [0.5, 0.6) is 5.75 Å². The van der Waals surface area contributed by atoms with Gasteiger partial charge in [-0.15, -0.1) is 0 Å². The number of nitrogens with one attached hydrogen (secondary N) is 1. The summed E-state index contributed by atoms with van der Waals surface area (Å²) >= 11 is 0. The molecule has 0 bridgehead atoms. The molecule has 0 saturated carbocycles. The average Bonchev–Trinajstić information content (AvgIpc) is 2.94. The van der Waals surface area contributed by atoms with Crippen molar-refractivity contribution in [3.05, 3.63) is 47.9 Å². The number of fused-ring (bicyclic) bond motifs is 1. The minimum atomic E-state index is -1.04. The summed E-state index contributed by atoms with van der Waals surface area (Å²) in [6.07, 6.45) is 2.98. The number of carboxylic acid groups (broad SMARTS) is 1. The fourth-order valence-electron chi connectivity index (χ4n) is 2.12. The number of methoxy groups -OCH3 is 1. The molecule has 0 radical (unpaired) electrons. The smallest absolute Gasteiger partial charge is 0.352 e. The van der Waals surface area contributed by atoms with Crippen molar-refractivity contribution in [2.75, 3.05) is 12.4 Å². The summed E-state index contributed by atoms with van der Waals surface area (Å²) in [6, 6.07) is 7.07. The second-order valence-electron chi connectivity index (χ2n) is 4.26. The number of carboxylic acids is 1. The predicted molar refractivity (Wildman–Crippen MR) is 70.5 cm³/mol. The number of allylic oxidation sites excluding steroid dienone is 1. The number of aliphatic carboxylic acids is 1. The number of aromatic nitrogens is 3. The molecule has 2 N–H and O–H groups in total. The normalized spacial score (nSPS) is 16.9. The molecule has 3 rings (SSSR count). The van der Waals surface area contributed by atoms with Gasteiger partial charge in [0.2, 0.25) is 5.95 Å². The number of carbonyl (C=O) groups is 1. The fraction of sp³-hybridized carbons (Fsp3) is 0.154. The highest BCUT2D eigenvalue weighted by atomic mass is 16.5. The Labute approximate surface area is 114 Å². The van der Waals surface area contributed by atoms with E-state index in [1.165, 1.54) is 6.33 Å². The van der Waals surface area contributed by atoms with E-state index < -0.39 is 5.97 Å². The number of hydrogen-bond donors (Lipinski definition) is 2. The molecule has 0 saturated heterocycles. The van der Waals surface area contributed by atoms with Crippen LogP contribution in [0.2, 0.25) is 0 Å². The molecule has 7 heteroatoms. The first-order valence-corrected chi connectivity index (χ1v) is 5.94. The Bertz CT molecular complexity index is 692. The third-order valence-electron chi connectivity index (χ3n) is 3.07. The first kappa shape index (κ1) is 12.2. The highest BCUT2D eigenvalue weighted by molar-refractivity contribution is 5.90. The first-order valence-electron chi connectivity index (χ1n) is 5.94. The number of rotatable bonds is 3. The third-order valence-corrected chi connectivity index (χ3v) is 3.07. The van der Waals surface area contributed by atoms with Gasteiger partial charge in [-0.05, 0) is 23.8 Å². The number of ether oxygens (including phenoxy) is 1. The van der Waals surface area contributed by atoms with Crippen molar-refractivity contribution < 1.29 is 14.6 Å². The minimum Gasteiger partial charge on any atom is -0.497 e. The SMILES string of the molecule is COc1cccc([C@@H]2C=C(C(=O)O)Nc3ncnn32)c1. The summed E-state index contributed by atoms with van der Waals surface area (Å²) in [5.41, 5.74) is 0.953. The maximum absolute atomic E-state index is 11.2. The van der Waals surface area contributed by atoms with E-state index in [1.807, 2.05) is 24.3 Å². The standard InChI is InChI=1S/C13H12N4O3/c1-20-9-4-2-3-8(5-9)11-6-10(12(18)19)16-13-14-7-15-17(11)13/h2-7,11H,1H3,(H,18,19)(H,14,15,16)/t11-/m0/s1. The summed E-state index contributed by atoms with van der Waals surface area (Å²) in [5, 5.41) is 16.0. The van der Waals surface area contributed by atoms with E-state index in [4.69, 9.17) is 9.84 Å². The molecule has 1 atom stereocenters. The molecule has 7 nitrogen and oxygen atoms in total. The van der Waals surface area contributed by atoms with Crippen molar-refractivity contribution in [3.63, 3.8) is 0 Å². The molecular weight excluding hydrogens is 260 g/mol. The summed E-state index contributed by atoms with van der Waals surface area (Å²) in [6.45, 7) is 0. The molecule has 1 aromatic heterocycles. The van der Waals surface area contributed by atoms with E-state index in [0.717, 1.165) is 5.56 Å². The van der Waals surface area contributed by atoms with Gasteiger partial charge in [0, 0.05) is 0 Å². The molecule has 0 aliphatic carbocycles. The topological polar surface area (TPSA) is 89.3 Å². The van der Waals surface area contributed by atoms with Crippen molar-refractivity contribution in [1.82, 2.24) is 14.8 Å². The van der Waals surface area contributed by atoms with Crippen molar-refractivity contribution in [2.45, 2.75) is 6.04 Å². The monoisotopic (exact) mass is 272 g/mol. The van der Waals surface area contributed by atoms with Gasteiger partial charge in [0.05, 0.1) is 7.11 Å². The van der Waals surface area contributed by atoms with Gasteiger partial charge in [0.1, 0.15) is 23.8 Å². The van der Waals surface area contributed by atoms with Crippen LogP contribution >= 0.6 is 0 Å². The van der Waals surface area contributed by atoms with Crippen molar-refractivity contribution in [2.24, 2.45) is 0 Å². The Morgan fingerprint density at radius 3 is 3.10 bits per heavy atom. The average molecular weight is 272 g/mol. The van der Waals surface area contributed by atoms with Crippen molar-refractivity contribution in [1.29, 1.82) is 0 Å². The molecule has 0 amide bonds. The lowest BCUT2D eigenvalue weighted by Crippen LogP contribution is -2.24. The quantitative estimate of drug-likeness (QED) is 0.874. The van der Waals surface area contributed by atoms with Crippen LogP contribution in [0.15, 0.2) is 42.4 Å². The zero-order valence-corrected chi connectivity index (χ0v) is 10.6. The first-order chi connectivity index (χ1) is 9.69. The van der Waals surface area contributed by atoms with Gasteiger partial charge in [-0.25, -0.2) is 9.48 Å². The summed E-state index contributed by atoms with van der Waals surface area (Å²) < 4.78 is 6.82. The van der Waals surface area contributed by atoms with Crippen LogP contribution < -0.4 is 10.1 Å². The minimum absolute atomic E-state index is 0.0818. The second kappa shape index (κ2) is 4.69. The Hall–Kier alpha value is -2.83. The zero-order chi connectivity index (χ0) is 14.1. The molecule has 0 fully saturated rings. The van der Waals surface area contributed by atoms with Gasteiger partial charge in [0.25, 0.3) is 0 Å². The molecule has 102 valence electrons. The summed E-state index contributed by atoms with van der Waals surface area (Å²) in [7, 11) is 1.58. The third kappa shape index (κ3) is 1.99. The molecule has 1 aliphatic rings. The molecule has 2 heterocycles. The van der Waals surface area contributed by atoms with Crippen LogP contribution in [0.3, 0.4) is 0 Å². The molecule has 1 aliphatic heterocycles. The number of nitrogens with zero attached hydrogens (tertiary/aromatic N) is 3. The summed E-state index contributed by atoms with van der Waals surface area (Å²) in [5.74, 6) is 0.0674. The lowest BCUT2D eigenvalue weighted by atomic mass is 10.0. The Morgan fingerprint density at radius 1 is 1.50 bits per heavy atom. The molecule has 0 unspecified atom stereocenters. The van der Waals surface area contributed by atoms with E-state index in [0.29, 0.717) is 11.7 Å².